The molecule has 0 radical (unpaired) electrons. The van der Waals surface area contributed by atoms with Crippen LogP contribution in [0.15, 0.2) is 4.52 Å². The lowest BCUT2D eigenvalue weighted by molar-refractivity contribution is 0.141. The van der Waals surface area contributed by atoms with E-state index in [1.165, 1.54) is 0 Å². The third-order valence-corrected chi connectivity index (χ3v) is 2.54. The highest BCUT2D eigenvalue weighted by Gasteiger charge is 2.14. The Balaban J connectivity index is 2.46. The molecule has 0 fully saturated rings. The molecule has 0 aromatic carbocycles. The van der Waals surface area contributed by atoms with E-state index >= 15 is 0 Å². The number of hydrogen-bond acceptors (Lipinski definition) is 6. The first-order valence-electron chi connectivity index (χ1n) is 5.64. The highest BCUT2D eigenvalue weighted by Crippen LogP contribution is 2.08. The Hall–Kier alpha value is -0.980. The summed E-state index contributed by atoms with van der Waals surface area (Å²) in [6.45, 7) is 7.23. The van der Waals surface area contributed by atoms with Crippen molar-refractivity contribution in [3.8, 4) is 0 Å². The number of aliphatic hydroxyl groups excluding tert-OH is 1. The number of hydrogen-bond donors (Lipinski definition) is 2. The summed E-state index contributed by atoms with van der Waals surface area (Å²) in [5, 5.41) is 13.2. The van der Waals surface area contributed by atoms with Crippen molar-refractivity contribution >= 4 is 0 Å². The third-order valence-electron chi connectivity index (χ3n) is 2.54. The number of likely N-dealkylation sites (N-methyl/N-ethyl adjacent to an activating group) is 1. The molecule has 0 saturated heterocycles. The molecule has 16 heavy (non-hydrogen) atoms. The van der Waals surface area contributed by atoms with Crippen molar-refractivity contribution in [2.24, 2.45) is 5.73 Å². The topological polar surface area (TPSA) is 88.4 Å². The maximum atomic E-state index is 9.38. The average Bonchev–Trinajstić information content (AvgIpc) is 2.78. The van der Waals surface area contributed by atoms with Crippen molar-refractivity contribution < 1.29 is 9.63 Å². The van der Waals surface area contributed by atoms with E-state index in [2.05, 4.69) is 28.9 Å². The van der Waals surface area contributed by atoms with Gasteiger partial charge in [0.05, 0.1) is 0 Å². The Morgan fingerprint density at radius 1 is 1.44 bits per heavy atom. The van der Waals surface area contributed by atoms with Gasteiger partial charge in [-0.15, -0.1) is 0 Å². The molecule has 0 aliphatic carbocycles. The molecule has 1 atom stereocenters. The fraction of sp³-hybridized carbons (Fsp3) is 0.800. The van der Waals surface area contributed by atoms with Gasteiger partial charge in [-0.25, -0.2) is 0 Å². The van der Waals surface area contributed by atoms with Gasteiger partial charge in [-0.05, 0) is 13.1 Å². The van der Waals surface area contributed by atoms with Gasteiger partial charge in [-0.2, -0.15) is 4.98 Å². The maximum absolute atomic E-state index is 9.38. The Morgan fingerprint density at radius 3 is 2.69 bits per heavy atom. The largest absolute Gasteiger partial charge is 0.382 e. The summed E-state index contributed by atoms with van der Waals surface area (Å²) in [5.41, 5.74) is 5.29. The predicted octanol–water partition coefficient (Wildman–Crippen LogP) is -0.0540. The van der Waals surface area contributed by atoms with Crippen LogP contribution in [0.3, 0.4) is 0 Å². The summed E-state index contributed by atoms with van der Waals surface area (Å²) in [4.78, 5) is 6.36. The molecular formula is C10H20N4O2. The molecule has 1 aromatic rings. The molecule has 6 nitrogen and oxygen atoms in total. The molecule has 0 saturated carbocycles. The first kappa shape index (κ1) is 13.1. The lowest BCUT2D eigenvalue weighted by Gasteiger charge is -2.16. The zero-order valence-electron chi connectivity index (χ0n) is 9.89. The van der Waals surface area contributed by atoms with Crippen molar-refractivity contribution in [2.45, 2.75) is 26.4 Å². The monoisotopic (exact) mass is 228 g/mol. The van der Waals surface area contributed by atoms with Gasteiger partial charge in [-0.3, -0.25) is 0 Å². The van der Waals surface area contributed by atoms with Gasteiger partial charge in [0.1, 0.15) is 6.10 Å². The Kier molecular flexibility index (Phi) is 5.37. The van der Waals surface area contributed by atoms with Crippen LogP contribution in [0, 0.1) is 0 Å². The van der Waals surface area contributed by atoms with Crippen molar-refractivity contribution in [3.05, 3.63) is 11.7 Å². The van der Waals surface area contributed by atoms with Gasteiger partial charge in [0.25, 0.3) is 5.89 Å². The lowest BCUT2D eigenvalue weighted by Crippen LogP contribution is -2.25. The normalized spacial score (nSPS) is 13.3. The second-order valence-corrected chi connectivity index (χ2v) is 3.58. The van der Waals surface area contributed by atoms with E-state index in [1.54, 1.807) is 0 Å². The van der Waals surface area contributed by atoms with Crippen LogP contribution >= 0.6 is 0 Å². The highest BCUT2D eigenvalue weighted by molar-refractivity contribution is 4.90. The second kappa shape index (κ2) is 6.57. The second-order valence-electron chi connectivity index (χ2n) is 3.58. The molecule has 92 valence electrons. The smallest absolute Gasteiger partial charge is 0.256 e. The zero-order chi connectivity index (χ0) is 12.0. The van der Waals surface area contributed by atoms with Gasteiger partial charge < -0.3 is 20.3 Å². The minimum Gasteiger partial charge on any atom is -0.382 e. The van der Waals surface area contributed by atoms with E-state index in [9.17, 15) is 5.11 Å². The molecule has 1 aromatic heterocycles. The van der Waals surface area contributed by atoms with Gasteiger partial charge in [-0.1, -0.05) is 19.0 Å². The fourth-order valence-electron chi connectivity index (χ4n) is 1.40. The molecule has 3 N–H and O–H groups in total. The molecule has 0 spiro atoms. The highest BCUT2D eigenvalue weighted by atomic mass is 16.5. The minimum atomic E-state index is -0.852. The van der Waals surface area contributed by atoms with Crippen LogP contribution in [0.1, 0.15) is 31.7 Å². The molecule has 1 heterocycles. The van der Waals surface area contributed by atoms with Crippen LogP contribution in [0.25, 0.3) is 0 Å². The molecule has 6 heteroatoms. The number of rotatable bonds is 7. The van der Waals surface area contributed by atoms with E-state index in [0.717, 1.165) is 26.1 Å². The minimum absolute atomic E-state index is 0.0949. The summed E-state index contributed by atoms with van der Waals surface area (Å²) >= 11 is 0. The Labute approximate surface area is 95.4 Å². The van der Waals surface area contributed by atoms with Crippen molar-refractivity contribution in [3.63, 3.8) is 0 Å². The van der Waals surface area contributed by atoms with Crippen molar-refractivity contribution in [2.75, 3.05) is 26.2 Å². The molecule has 0 aliphatic rings. The van der Waals surface area contributed by atoms with Crippen LogP contribution in [-0.2, 0) is 6.42 Å². The molecule has 1 rings (SSSR count). The standard InChI is InChI=1S/C10H20N4O2/c1-3-14(4-2)6-5-9-12-10(16-13-9)8(15)7-11/h8,15H,3-7,11H2,1-2H3/t8-/m0/s1. The van der Waals surface area contributed by atoms with Crippen LogP contribution in [0.2, 0.25) is 0 Å². The fourth-order valence-corrected chi connectivity index (χ4v) is 1.40. The molecular weight excluding hydrogens is 208 g/mol. The average molecular weight is 228 g/mol. The third kappa shape index (κ3) is 3.55. The number of nitrogens with two attached hydrogens (primary N) is 1. The van der Waals surface area contributed by atoms with Gasteiger partial charge in [0.2, 0.25) is 0 Å². The summed E-state index contributed by atoms with van der Waals surface area (Å²) in [6.07, 6.45) is -0.127. The zero-order valence-corrected chi connectivity index (χ0v) is 9.89. The number of nitrogens with zero attached hydrogens (tertiary/aromatic N) is 3. The summed E-state index contributed by atoms with van der Waals surface area (Å²) in [6, 6.07) is 0. The van der Waals surface area contributed by atoms with Gasteiger partial charge >= 0.3 is 0 Å². The summed E-state index contributed by atoms with van der Waals surface area (Å²) in [5.74, 6) is 0.825. The quantitative estimate of drug-likeness (QED) is 0.680. The van der Waals surface area contributed by atoms with Gasteiger partial charge in [0, 0.05) is 19.5 Å². The van der Waals surface area contributed by atoms with Crippen LogP contribution in [0.4, 0.5) is 0 Å². The van der Waals surface area contributed by atoms with Crippen LogP contribution < -0.4 is 5.73 Å². The van der Waals surface area contributed by atoms with Crippen LogP contribution in [0.5, 0.6) is 0 Å². The lowest BCUT2D eigenvalue weighted by atomic mass is 10.3. The number of aliphatic hydroxyl groups is 1. The first-order valence-corrected chi connectivity index (χ1v) is 5.64. The van der Waals surface area contributed by atoms with E-state index < -0.39 is 6.10 Å². The summed E-state index contributed by atoms with van der Waals surface area (Å²) < 4.78 is 4.91. The predicted molar refractivity (Wildman–Crippen MR) is 59.8 cm³/mol. The molecule has 0 amide bonds. The van der Waals surface area contributed by atoms with Crippen LogP contribution in [-0.4, -0.2) is 46.3 Å². The Bertz CT molecular complexity index is 299. The first-order chi connectivity index (χ1) is 7.71. The van der Waals surface area contributed by atoms with E-state index in [4.69, 9.17) is 10.3 Å². The number of aromatic nitrogens is 2. The molecule has 0 unspecified atom stereocenters. The van der Waals surface area contributed by atoms with E-state index in [0.29, 0.717) is 5.82 Å². The maximum Gasteiger partial charge on any atom is 0.256 e. The van der Waals surface area contributed by atoms with Crippen molar-refractivity contribution in [1.29, 1.82) is 0 Å². The van der Waals surface area contributed by atoms with Gasteiger partial charge in [0.15, 0.2) is 5.82 Å². The molecule has 0 aliphatic heterocycles. The SMILES string of the molecule is CCN(CC)CCc1noc([C@@H](O)CN)n1. The van der Waals surface area contributed by atoms with Crippen molar-refractivity contribution in [1.82, 2.24) is 15.0 Å². The van der Waals surface area contributed by atoms with E-state index in [-0.39, 0.29) is 12.4 Å². The summed E-state index contributed by atoms with van der Waals surface area (Å²) in [7, 11) is 0. The Morgan fingerprint density at radius 2 is 2.12 bits per heavy atom. The van der Waals surface area contributed by atoms with E-state index in [1.807, 2.05) is 0 Å². The molecule has 0 bridgehead atoms.